The molecule has 1 aliphatic carbocycles. The van der Waals surface area contributed by atoms with Gasteiger partial charge in [-0.3, -0.25) is 4.79 Å². The van der Waals surface area contributed by atoms with Gasteiger partial charge in [-0.2, -0.15) is 8.78 Å². The van der Waals surface area contributed by atoms with E-state index in [0.717, 1.165) is 25.0 Å². The van der Waals surface area contributed by atoms with Crippen LogP contribution in [0.4, 0.5) is 18.0 Å². The fraction of sp³-hybridized carbons (Fsp3) is 0.452. The molecule has 1 heterocycles. The van der Waals surface area contributed by atoms with Crippen LogP contribution < -0.4 is 25.3 Å². The lowest BCUT2D eigenvalue weighted by molar-refractivity contribution is -0.0515. The van der Waals surface area contributed by atoms with Crippen molar-refractivity contribution < 1.29 is 46.1 Å². The van der Waals surface area contributed by atoms with E-state index in [0.29, 0.717) is 18.1 Å². The Morgan fingerprint density at radius 2 is 1.84 bits per heavy atom. The molecule has 238 valence electrons. The van der Waals surface area contributed by atoms with Gasteiger partial charge in [0.15, 0.2) is 23.4 Å². The quantitative estimate of drug-likeness (QED) is 0.202. The van der Waals surface area contributed by atoms with Crippen molar-refractivity contribution in [2.24, 2.45) is 17.1 Å². The summed E-state index contributed by atoms with van der Waals surface area (Å²) in [5, 5.41) is 2.73. The van der Waals surface area contributed by atoms with Gasteiger partial charge in [0, 0.05) is 11.6 Å². The summed E-state index contributed by atoms with van der Waals surface area (Å²) in [6.45, 7) is 4.81. The number of rotatable bonds is 14. The zero-order chi connectivity index (χ0) is 32.0. The molecule has 1 atom stereocenters. The van der Waals surface area contributed by atoms with E-state index < -0.39 is 30.5 Å². The molecule has 1 aliphatic rings. The SMILES string of the molecule is CCOc1cc(F)ccc1C(=O)NCc1nc(-c2ccc(OC(F)F)c(OCC3CC3)c2)oc1[C@H](CC(C)(C)C)OC(N)=O. The third-order valence-electron chi connectivity index (χ3n) is 6.56. The van der Waals surface area contributed by atoms with Gasteiger partial charge in [0.25, 0.3) is 5.91 Å². The Morgan fingerprint density at radius 3 is 2.48 bits per heavy atom. The van der Waals surface area contributed by atoms with E-state index in [1.54, 1.807) is 6.92 Å². The molecule has 10 nitrogen and oxygen atoms in total. The summed E-state index contributed by atoms with van der Waals surface area (Å²) >= 11 is 0. The third kappa shape index (κ3) is 9.04. The molecule has 1 fully saturated rings. The number of oxazole rings is 1. The summed E-state index contributed by atoms with van der Waals surface area (Å²) in [6, 6.07) is 7.82. The van der Waals surface area contributed by atoms with Gasteiger partial charge in [-0.25, -0.2) is 14.2 Å². The van der Waals surface area contributed by atoms with Crippen LogP contribution in [0.15, 0.2) is 40.8 Å². The van der Waals surface area contributed by atoms with E-state index >= 15 is 0 Å². The van der Waals surface area contributed by atoms with Crippen molar-refractivity contribution in [3.63, 3.8) is 0 Å². The molecule has 0 radical (unpaired) electrons. The third-order valence-corrected chi connectivity index (χ3v) is 6.56. The topological polar surface area (TPSA) is 135 Å². The molecule has 3 N–H and O–H groups in total. The molecule has 1 saturated carbocycles. The first-order valence-corrected chi connectivity index (χ1v) is 14.2. The van der Waals surface area contributed by atoms with Crippen LogP contribution in [-0.4, -0.2) is 36.8 Å². The zero-order valence-electron chi connectivity index (χ0n) is 25.0. The van der Waals surface area contributed by atoms with E-state index in [1.165, 1.54) is 24.3 Å². The molecule has 1 aromatic heterocycles. The summed E-state index contributed by atoms with van der Waals surface area (Å²) in [5.41, 5.74) is 5.71. The molecular formula is C31H36F3N3O7. The Balaban J connectivity index is 1.70. The van der Waals surface area contributed by atoms with Gasteiger partial charge in [0.2, 0.25) is 5.89 Å². The largest absolute Gasteiger partial charge is 0.493 e. The minimum atomic E-state index is -3.05. The number of ether oxygens (including phenoxy) is 4. The summed E-state index contributed by atoms with van der Waals surface area (Å²) < 4.78 is 67.3. The average molecular weight is 620 g/mol. The number of alkyl halides is 2. The van der Waals surface area contributed by atoms with Crippen LogP contribution >= 0.6 is 0 Å². The highest BCUT2D eigenvalue weighted by Gasteiger charge is 2.31. The van der Waals surface area contributed by atoms with Gasteiger partial charge in [-0.15, -0.1) is 0 Å². The maximum atomic E-state index is 13.8. The number of aromatic nitrogens is 1. The number of primary amides is 1. The number of carbonyl (C=O) groups is 2. The van der Waals surface area contributed by atoms with Crippen LogP contribution in [0.2, 0.25) is 0 Å². The number of halogens is 3. The smallest absolute Gasteiger partial charge is 0.405 e. The fourth-order valence-corrected chi connectivity index (χ4v) is 4.41. The molecule has 44 heavy (non-hydrogen) atoms. The van der Waals surface area contributed by atoms with E-state index in [4.69, 9.17) is 24.4 Å². The van der Waals surface area contributed by atoms with E-state index in [2.05, 4.69) is 15.0 Å². The molecule has 2 amide bonds. The Hall–Kier alpha value is -4.42. The maximum Gasteiger partial charge on any atom is 0.405 e. The minimum Gasteiger partial charge on any atom is -0.493 e. The van der Waals surface area contributed by atoms with Crippen LogP contribution in [0.25, 0.3) is 11.5 Å². The van der Waals surface area contributed by atoms with E-state index in [9.17, 15) is 22.8 Å². The number of hydrogen-bond donors (Lipinski definition) is 2. The number of nitrogens with two attached hydrogens (primary N) is 1. The van der Waals surface area contributed by atoms with Gasteiger partial charge in [-0.1, -0.05) is 20.8 Å². The van der Waals surface area contributed by atoms with Crippen LogP contribution in [0, 0.1) is 17.2 Å². The number of nitrogens with zero attached hydrogens (tertiary/aromatic N) is 1. The number of carbonyl (C=O) groups excluding carboxylic acids is 2. The molecule has 0 saturated heterocycles. The molecule has 3 aromatic rings. The second-order valence-corrected chi connectivity index (χ2v) is 11.6. The second kappa shape index (κ2) is 13.9. The molecule has 0 bridgehead atoms. The van der Waals surface area contributed by atoms with Gasteiger partial charge in [0.05, 0.1) is 25.3 Å². The molecule has 4 rings (SSSR count). The normalized spacial score (nSPS) is 13.8. The van der Waals surface area contributed by atoms with Crippen molar-refractivity contribution in [1.82, 2.24) is 10.3 Å². The van der Waals surface area contributed by atoms with Gasteiger partial charge in [0.1, 0.15) is 17.3 Å². The summed E-state index contributed by atoms with van der Waals surface area (Å²) in [6.07, 6.45) is 0.250. The maximum absolute atomic E-state index is 13.8. The highest BCUT2D eigenvalue weighted by Crippen LogP contribution is 2.39. The first kappa shape index (κ1) is 32.5. The first-order chi connectivity index (χ1) is 20.8. The fourth-order valence-electron chi connectivity index (χ4n) is 4.41. The van der Waals surface area contributed by atoms with Crippen LogP contribution in [-0.2, 0) is 11.3 Å². The van der Waals surface area contributed by atoms with Gasteiger partial charge in [-0.05, 0) is 67.9 Å². The van der Waals surface area contributed by atoms with Crippen molar-refractivity contribution >= 4 is 12.0 Å². The summed E-state index contributed by atoms with van der Waals surface area (Å²) in [7, 11) is 0. The van der Waals surface area contributed by atoms with Crippen molar-refractivity contribution in [3.8, 4) is 28.7 Å². The lowest BCUT2D eigenvalue weighted by Gasteiger charge is -2.24. The van der Waals surface area contributed by atoms with Crippen molar-refractivity contribution in [2.75, 3.05) is 13.2 Å². The van der Waals surface area contributed by atoms with E-state index in [-0.39, 0.29) is 65.1 Å². The van der Waals surface area contributed by atoms with E-state index in [1.807, 2.05) is 20.8 Å². The molecular weight excluding hydrogens is 583 g/mol. The highest BCUT2D eigenvalue weighted by atomic mass is 19.3. The van der Waals surface area contributed by atoms with Crippen LogP contribution in [0.1, 0.15) is 74.9 Å². The summed E-state index contributed by atoms with van der Waals surface area (Å²) in [4.78, 5) is 29.6. The Bertz CT molecular complexity index is 1470. The van der Waals surface area contributed by atoms with Gasteiger partial charge < -0.3 is 34.4 Å². The molecule has 0 unspecified atom stereocenters. The first-order valence-electron chi connectivity index (χ1n) is 14.2. The Labute approximate surface area is 253 Å². The highest BCUT2D eigenvalue weighted by molar-refractivity contribution is 5.96. The van der Waals surface area contributed by atoms with Crippen LogP contribution in [0.3, 0.4) is 0 Å². The average Bonchev–Trinajstić information content (AvgIpc) is 3.66. The lowest BCUT2D eigenvalue weighted by Crippen LogP contribution is -2.26. The lowest BCUT2D eigenvalue weighted by atomic mass is 9.88. The summed E-state index contributed by atoms with van der Waals surface area (Å²) in [5.74, 6) is -0.601. The Morgan fingerprint density at radius 1 is 1.09 bits per heavy atom. The molecule has 13 heteroatoms. The molecule has 2 aromatic carbocycles. The van der Waals surface area contributed by atoms with Crippen molar-refractivity contribution in [1.29, 1.82) is 0 Å². The predicted octanol–water partition coefficient (Wildman–Crippen LogP) is 6.77. The number of amides is 2. The monoisotopic (exact) mass is 619 g/mol. The zero-order valence-corrected chi connectivity index (χ0v) is 25.0. The van der Waals surface area contributed by atoms with Crippen LogP contribution in [0.5, 0.6) is 17.2 Å². The standard InChI is InChI=1S/C31H36F3N3O7/c1-5-40-23-13-19(32)9-10-20(23)27(38)36-15-21-26(25(43-30(35)39)14-31(2,3)4)44-28(37-21)18-8-11-22(42-29(33)34)24(12-18)41-16-17-6-7-17/h8-13,17,25,29H,5-7,14-16H2,1-4H3,(H2,35,39)(H,36,38)/t25-/m0/s1. The Kier molecular flexibility index (Phi) is 10.3. The minimum absolute atomic E-state index is 0.0490. The molecule has 0 spiro atoms. The molecule has 0 aliphatic heterocycles. The number of hydrogen-bond acceptors (Lipinski definition) is 8. The number of benzene rings is 2. The van der Waals surface area contributed by atoms with Crippen molar-refractivity contribution in [3.05, 3.63) is 59.2 Å². The number of nitrogens with one attached hydrogen (secondary N) is 1. The van der Waals surface area contributed by atoms with Crippen molar-refractivity contribution in [2.45, 2.75) is 66.2 Å². The van der Waals surface area contributed by atoms with Gasteiger partial charge >= 0.3 is 12.7 Å². The predicted molar refractivity (Wildman–Crippen MR) is 153 cm³/mol. The second-order valence-electron chi connectivity index (χ2n) is 11.6.